The van der Waals surface area contributed by atoms with Crippen molar-refractivity contribution in [3.05, 3.63) is 0 Å². The van der Waals surface area contributed by atoms with Crippen molar-refractivity contribution in [3.63, 3.8) is 0 Å². The fraction of sp³-hybridized carbons (Fsp3) is 0.935. The predicted molar refractivity (Wildman–Crippen MR) is 164 cm³/mol. The van der Waals surface area contributed by atoms with Crippen LogP contribution >= 0.6 is 7.82 Å². The molecule has 0 saturated heterocycles. The molecule has 3 unspecified atom stereocenters. The Bertz CT molecular complexity index is 691. The topological polar surface area (TPSA) is 149 Å². The van der Waals surface area contributed by atoms with Crippen LogP contribution in [0.4, 0.5) is 0 Å². The Labute approximate surface area is 254 Å². The maximum absolute atomic E-state index is 12.1. The second-order valence-corrected chi connectivity index (χ2v) is 12.7. The number of ether oxygens (including phenoxy) is 2. The molecule has 0 aromatic heterocycles. The fourth-order valence-electron chi connectivity index (χ4n) is 4.64. The third-order valence-corrected chi connectivity index (χ3v) is 8.07. The van der Waals surface area contributed by atoms with E-state index in [1.54, 1.807) is 0 Å². The molecule has 0 amide bonds. The van der Waals surface area contributed by atoms with Crippen molar-refractivity contribution in [2.75, 3.05) is 26.4 Å². The normalized spacial score (nSPS) is 14.3. The molecular weight excluding hydrogens is 563 g/mol. The summed E-state index contributed by atoms with van der Waals surface area (Å²) in [6.45, 7) is 1.09. The van der Waals surface area contributed by atoms with Crippen LogP contribution in [0.3, 0.4) is 0 Å². The molecule has 11 heteroatoms. The van der Waals surface area contributed by atoms with Gasteiger partial charge < -0.3 is 24.6 Å². The van der Waals surface area contributed by atoms with Gasteiger partial charge in [0.15, 0.2) is 0 Å². The monoisotopic (exact) mass is 624 g/mol. The van der Waals surface area contributed by atoms with E-state index in [0.717, 1.165) is 26.2 Å². The number of carbonyl (C=O) groups is 2. The van der Waals surface area contributed by atoms with Crippen molar-refractivity contribution in [1.82, 2.24) is 0 Å². The molecule has 0 fully saturated rings. The smallest absolute Gasteiger partial charge is 0.458 e. The molecule has 0 aliphatic heterocycles. The van der Waals surface area contributed by atoms with Crippen molar-refractivity contribution < 1.29 is 47.8 Å². The van der Waals surface area contributed by atoms with Crippen LogP contribution in [0, 0.1) is 0 Å². The molecule has 3 N–H and O–H groups in total. The molecule has 3 atom stereocenters. The average Bonchev–Trinajstić information content (AvgIpc) is 2.96. The van der Waals surface area contributed by atoms with Crippen molar-refractivity contribution in [3.8, 4) is 0 Å². The highest BCUT2D eigenvalue weighted by Crippen LogP contribution is 2.43. The zero-order valence-corrected chi connectivity index (χ0v) is 27.4. The van der Waals surface area contributed by atoms with Crippen LogP contribution in [0.1, 0.15) is 149 Å². The molecule has 0 aliphatic rings. The number of hydrogen-bond donors (Lipinski definition) is 3. The highest BCUT2D eigenvalue weighted by molar-refractivity contribution is 7.47. The lowest BCUT2D eigenvalue weighted by Crippen LogP contribution is -2.28. The fourth-order valence-corrected chi connectivity index (χ4v) is 5.43. The summed E-state index contributed by atoms with van der Waals surface area (Å²) in [6.07, 6.45) is 23.6. The van der Waals surface area contributed by atoms with E-state index in [0.29, 0.717) is 6.42 Å². The van der Waals surface area contributed by atoms with E-state index >= 15 is 0 Å². The third kappa shape index (κ3) is 27.8. The SMILES string of the molecule is CCCCCCCCCCCCCCCCCCCCCCC(=O)OC(CO)COP(=O)(O)OCC(CO)OC(C)=O. The number of aliphatic hydroxyl groups is 2. The summed E-state index contributed by atoms with van der Waals surface area (Å²) in [5.74, 6) is -1.19. The van der Waals surface area contributed by atoms with Crippen LogP contribution in [0.5, 0.6) is 0 Å². The first-order valence-corrected chi connectivity index (χ1v) is 17.9. The zero-order chi connectivity index (χ0) is 31.3. The largest absolute Gasteiger partial charge is 0.472 e. The van der Waals surface area contributed by atoms with Gasteiger partial charge in [-0.2, -0.15) is 0 Å². The molecule has 250 valence electrons. The molecule has 10 nitrogen and oxygen atoms in total. The molecule has 0 saturated carbocycles. The van der Waals surface area contributed by atoms with Gasteiger partial charge in [-0.3, -0.25) is 18.6 Å². The summed E-state index contributed by atoms with van der Waals surface area (Å²) in [4.78, 5) is 32.7. The predicted octanol–water partition coefficient (Wildman–Crippen LogP) is 7.16. The van der Waals surface area contributed by atoms with E-state index in [1.165, 1.54) is 103 Å². The minimum absolute atomic E-state index is 0.198. The van der Waals surface area contributed by atoms with Crippen LogP contribution < -0.4 is 0 Å². The molecule has 0 spiro atoms. The van der Waals surface area contributed by atoms with E-state index < -0.39 is 58.4 Å². The van der Waals surface area contributed by atoms with Gasteiger partial charge in [0.2, 0.25) is 0 Å². The first-order chi connectivity index (χ1) is 20.2. The second-order valence-electron chi connectivity index (χ2n) is 11.2. The number of unbranched alkanes of at least 4 members (excludes halogenated alkanes) is 19. The number of aliphatic hydroxyl groups excluding tert-OH is 2. The zero-order valence-electron chi connectivity index (χ0n) is 26.5. The third-order valence-electron chi connectivity index (χ3n) is 7.12. The minimum atomic E-state index is -4.58. The Morgan fingerprint density at radius 3 is 1.26 bits per heavy atom. The molecule has 0 aromatic rings. The van der Waals surface area contributed by atoms with Crippen LogP contribution in [-0.4, -0.2) is 65.7 Å². The highest BCUT2D eigenvalue weighted by atomic mass is 31.2. The van der Waals surface area contributed by atoms with Crippen molar-refractivity contribution in [1.29, 1.82) is 0 Å². The number of esters is 2. The van der Waals surface area contributed by atoms with Crippen molar-refractivity contribution >= 4 is 19.8 Å². The van der Waals surface area contributed by atoms with Crippen LogP contribution in [0.2, 0.25) is 0 Å². The lowest BCUT2D eigenvalue weighted by molar-refractivity contribution is -0.153. The van der Waals surface area contributed by atoms with Gasteiger partial charge in [0.25, 0.3) is 0 Å². The number of phosphoric ester groups is 1. The van der Waals surface area contributed by atoms with Crippen molar-refractivity contribution in [2.45, 2.75) is 161 Å². The maximum atomic E-state index is 12.1. The van der Waals surface area contributed by atoms with Gasteiger partial charge >= 0.3 is 19.8 Å². The summed E-state index contributed by atoms with van der Waals surface area (Å²) >= 11 is 0. The number of rotatable bonds is 31. The lowest BCUT2D eigenvalue weighted by atomic mass is 10.0. The van der Waals surface area contributed by atoms with Gasteiger partial charge in [0, 0.05) is 13.3 Å². The highest BCUT2D eigenvalue weighted by Gasteiger charge is 2.27. The quantitative estimate of drug-likeness (QED) is 0.0412. The van der Waals surface area contributed by atoms with Crippen LogP contribution in [-0.2, 0) is 32.7 Å². The Kier molecular flexibility index (Phi) is 28.0. The summed E-state index contributed by atoms with van der Waals surface area (Å²) in [7, 11) is -4.58. The second kappa shape index (κ2) is 28.7. The first kappa shape index (κ1) is 41.0. The molecule has 42 heavy (non-hydrogen) atoms. The molecule has 0 heterocycles. The van der Waals surface area contributed by atoms with Gasteiger partial charge in [-0.05, 0) is 6.42 Å². The summed E-state index contributed by atoms with van der Waals surface area (Å²) < 4.78 is 31.2. The van der Waals surface area contributed by atoms with Crippen molar-refractivity contribution in [2.24, 2.45) is 0 Å². The molecule has 0 rings (SSSR count). The number of phosphoric acid groups is 1. The van der Waals surface area contributed by atoms with E-state index in [-0.39, 0.29) is 6.42 Å². The van der Waals surface area contributed by atoms with Crippen LogP contribution in [0.25, 0.3) is 0 Å². The Morgan fingerprint density at radius 1 is 0.595 bits per heavy atom. The Hall–Kier alpha value is -1.03. The van der Waals surface area contributed by atoms with E-state index in [4.69, 9.17) is 19.1 Å². The Morgan fingerprint density at radius 2 is 0.929 bits per heavy atom. The maximum Gasteiger partial charge on any atom is 0.472 e. The van der Waals surface area contributed by atoms with Gasteiger partial charge in [0.05, 0.1) is 26.4 Å². The van der Waals surface area contributed by atoms with E-state index in [1.807, 2.05) is 0 Å². The van der Waals surface area contributed by atoms with Gasteiger partial charge in [0.1, 0.15) is 12.2 Å². The number of carbonyl (C=O) groups excluding carboxylic acids is 2. The molecule has 0 aromatic carbocycles. The minimum Gasteiger partial charge on any atom is -0.458 e. The number of hydrogen-bond acceptors (Lipinski definition) is 9. The molecule has 0 bridgehead atoms. The van der Waals surface area contributed by atoms with E-state index in [2.05, 4.69) is 11.4 Å². The van der Waals surface area contributed by atoms with Gasteiger partial charge in [-0.15, -0.1) is 0 Å². The summed E-state index contributed by atoms with van der Waals surface area (Å²) in [6, 6.07) is 0. The van der Waals surface area contributed by atoms with Crippen LogP contribution in [0.15, 0.2) is 0 Å². The molecular formula is C31H61O10P. The standard InChI is InChI=1S/C31H61O10P/c1-3-4-5-6-7-8-9-10-11-12-13-14-15-16-17-18-19-20-21-22-23-31(35)41-30(25-33)27-39-42(36,37)38-26-29(24-32)40-28(2)34/h29-30,32-33H,3-27H2,1-2H3,(H,36,37). The summed E-state index contributed by atoms with van der Waals surface area (Å²) in [5.41, 5.74) is 0. The van der Waals surface area contributed by atoms with Gasteiger partial charge in [-0.1, -0.05) is 129 Å². The van der Waals surface area contributed by atoms with E-state index in [9.17, 15) is 24.2 Å². The lowest BCUT2D eigenvalue weighted by Gasteiger charge is -2.20. The molecule has 0 aliphatic carbocycles. The van der Waals surface area contributed by atoms with Gasteiger partial charge in [-0.25, -0.2) is 4.57 Å². The first-order valence-electron chi connectivity index (χ1n) is 16.4. The Balaban J connectivity index is 3.65. The molecule has 0 radical (unpaired) electrons. The summed E-state index contributed by atoms with van der Waals surface area (Å²) in [5, 5.41) is 18.5. The average molecular weight is 625 g/mol.